The molecule has 1 aromatic heterocycles. The van der Waals surface area contributed by atoms with Crippen LogP contribution in [0.15, 0.2) is 28.6 Å². The minimum Gasteiger partial charge on any atom is -0.355 e. The molecule has 1 amide bonds. The van der Waals surface area contributed by atoms with Crippen molar-refractivity contribution in [2.75, 3.05) is 6.54 Å². The smallest absolute Gasteiger partial charge is 0.233 e. The number of nitrogens with one attached hydrogen (secondary N) is 1. The lowest BCUT2D eigenvalue weighted by Gasteiger charge is -2.11. The van der Waals surface area contributed by atoms with Gasteiger partial charge in [0.25, 0.3) is 0 Å². The average molecular weight is 372 g/mol. The summed E-state index contributed by atoms with van der Waals surface area (Å²) in [5.41, 5.74) is 0.705. The van der Waals surface area contributed by atoms with Crippen LogP contribution in [0.1, 0.15) is 20.8 Å². The van der Waals surface area contributed by atoms with Crippen LogP contribution in [0.4, 0.5) is 4.39 Å². The molecule has 1 aromatic carbocycles. The SMILES string of the molecule is CC(C)CNC(=O)[C@H](C)Sc1nn(-c2ccc(F)cc2)c(=S)s1. The van der Waals surface area contributed by atoms with Gasteiger partial charge in [-0.2, -0.15) is 0 Å². The van der Waals surface area contributed by atoms with E-state index in [1.165, 1.54) is 35.2 Å². The molecule has 4 nitrogen and oxygen atoms in total. The fourth-order valence-electron chi connectivity index (χ4n) is 1.71. The summed E-state index contributed by atoms with van der Waals surface area (Å²) in [5, 5.41) is 7.07. The first-order valence-electron chi connectivity index (χ1n) is 7.17. The largest absolute Gasteiger partial charge is 0.355 e. The maximum absolute atomic E-state index is 13.0. The van der Waals surface area contributed by atoms with E-state index in [0.29, 0.717) is 26.4 Å². The van der Waals surface area contributed by atoms with Crippen LogP contribution >= 0.6 is 35.3 Å². The van der Waals surface area contributed by atoms with Crippen molar-refractivity contribution < 1.29 is 9.18 Å². The number of aromatic nitrogens is 2. The number of nitrogens with zero attached hydrogens (tertiary/aromatic N) is 2. The molecule has 0 spiro atoms. The zero-order valence-corrected chi connectivity index (χ0v) is 15.5. The van der Waals surface area contributed by atoms with Crippen molar-refractivity contribution in [2.24, 2.45) is 5.92 Å². The lowest BCUT2D eigenvalue weighted by atomic mass is 10.2. The van der Waals surface area contributed by atoms with Gasteiger partial charge < -0.3 is 5.32 Å². The Labute approximate surface area is 148 Å². The van der Waals surface area contributed by atoms with Crippen LogP contribution in [0.2, 0.25) is 0 Å². The molecule has 8 heteroatoms. The first-order chi connectivity index (χ1) is 10.9. The van der Waals surface area contributed by atoms with Gasteiger partial charge in [-0.15, -0.1) is 5.10 Å². The molecule has 0 radical (unpaired) electrons. The molecule has 2 rings (SSSR count). The quantitative estimate of drug-likeness (QED) is 0.615. The van der Waals surface area contributed by atoms with E-state index in [9.17, 15) is 9.18 Å². The van der Waals surface area contributed by atoms with Crippen molar-refractivity contribution >= 4 is 41.2 Å². The van der Waals surface area contributed by atoms with E-state index in [1.807, 2.05) is 20.8 Å². The molecule has 0 saturated heterocycles. The Balaban J connectivity index is 2.07. The zero-order chi connectivity index (χ0) is 17.0. The molecule has 2 aromatic rings. The van der Waals surface area contributed by atoms with Gasteiger partial charge in [0.05, 0.1) is 10.9 Å². The first kappa shape index (κ1) is 18.1. The van der Waals surface area contributed by atoms with Crippen molar-refractivity contribution in [1.29, 1.82) is 0 Å². The van der Waals surface area contributed by atoms with Crippen LogP contribution in [-0.2, 0) is 4.79 Å². The Hall–Kier alpha value is -1.25. The zero-order valence-electron chi connectivity index (χ0n) is 13.1. The minimum atomic E-state index is -0.305. The van der Waals surface area contributed by atoms with Gasteiger partial charge in [-0.25, -0.2) is 9.07 Å². The Kier molecular flexibility index (Phi) is 6.32. The molecule has 1 heterocycles. The van der Waals surface area contributed by atoms with Crippen molar-refractivity contribution in [3.63, 3.8) is 0 Å². The predicted octanol–water partition coefficient (Wildman–Crippen LogP) is 4.06. The highest BCUT2D eigenvalue weighted by molar-refractivity contribution is 8.02. The van der Waals surface area contributed by atoms with Crippen LogP contribution in [-0.4, -0.2) is 27.5 Å². The van der Waals surface area contributed by atoms with E-state index in [4.69, 9.17) is 12.2 Å². The summed E-state index contributed by atoms with van der Waals surface area (Å²) < 4.78 is 15.9. The molecule has 0 bridgehead atoms. The van der Waals surface area contributed by atoms with Crippen molar-refractivity contribution in [3.8, 4) is 5.69 Å². The molecule has 23 heavy (non-hydrogen) atoms. The van der Waals surface area contributed by atoms with Crippen LogP contribution in [0, 0.1) is 15.7 Å². The Morgan fingerprint density at radius 3 is 2.65 bits per heavy atom. The summed E-state index contributed by atoms with van der Waals surface area (Å²) in [6, 6.07) is 5.98. The van der Waals surface area contributed by atoms with Gasteiger partial charge in [0, 0.05) is 6.54 Å². The molecule has 0 saturated carbocycles. The third-order valence-corrected chi connectivity index (χ3v) is 5.35. The summed E-state index contributed by atoms with van der Waals surface area (Å²) >= 11 is 8.01. The fraction of sp³-hybridized carbons (Fsp3) is 0.400. The number of amides is 1. The Morgan fingerprint density at radius 1 is 1.39 bits per heavy atom. The Morgan fingerprint density at radius 2 is 2.04 bits per heavy atom. The van der Waals surface area contributed by atoms with Gasteiger partial charge in [0.1, 0.15) is 5.82 Å². The molecule has 0 aliphatic carbocycles. The number of hydrogen-bond acceptors (Lipinski definition) is 5. The second-order valence-electron chi connectivity index (χ2n) is 5.42. The monoisotopic (exact) mass is 371 g/mol. The predicted molar refractivity (Wildman–Crippen MR) is 95.4 cm³/mol. The lowest BCUT2D eigenvalue weighted by molar-refractivity contribution is -0.120. The summed E-state index contributed by atoms with van der Waals surface area (Å²) in [4.78, 5) is 12.0. The topological polar surface area (TPSA) is 46.9 Å². The number of rotatable bonds is 6. The maximum atomic E-state index is 13.0. The summed E-state index contributed by atoms with van der Waals surface area (Å²) in [6.45, 7) is 6.60. The second-order valence-corrected chi connectivity index (χ2v) is 8.63. The molecular formula is C15H18FN3OS3. The van der Waals surface area contributed by atoms with E-state index in [-0.39, 0.29) is 17.0 Å². The number of benzene rings is 1. The van der Waals surface area contributed by atoms with Gasteiger partial charge in [-0.1, -0.05) is 36.9 Å². The van der Waals surface area contributed by atoms with Gasteiger partial charge in [0.15, 0.2) is 8.29 Å². The van der Waals surface area contributed by atoms with Gasteiger partial charge in [-0.3, -0.25) is 4.79 Å². The van der Waals surface area contributed by atoms with Crippen LogP contribution < -0.4 is 5.32 Å². The molecule has 0 aliphatic heterocycles. The average Bonchev–Trinajstić information content (AvgIpc) is 2.86. The van der Waals surface area contributed by atoms with Crippen molar-refractivity contribution in [3.05, 3.63) is 34.0 Å². The third kappa shape index (κ3) is 5.12. The maximum Gasteiger partial charge on any atom is 0.233 e. The van der Waals surface area contributed by atoms with Crippen LogP contribution in [0.5, 0.6) is 0 Å². The van der Waals surface area contributed by atoms with E-state index in [0.717, 1.165) is 0 Å². The second kappa shape index (κ2) is 8.03. The number of carbonyl (C=O) groups excluding carboxylic acids is 1. The highest BCUT2D eigenvalue weighted by atomic mass is 32.2. The minimum absolute atomic E-state index is 0.0156. The van der Waals surface area contributed by atoms with Crippen molar-refractivity contribution in [1.82, 2.24) is 15.1 Å². The number of thioether (sulfide) groups is 1. The first-order valence-corrected chi connectivity index (χ1v) is 9.27. The summed E-state index contributed by atoms with van der Waals surface area (Å²) in [6.07, 6.45) is 0. The van der Waals surface area contributed by atoms with E-state index >= 15 is 0 Å². The number of hydrogen-bond donors (Lipinski definition) is 1. The molecule has 0 aliphatic rings. The van der Waals surface area contributed by atoms with E-state index in [1.54, 1.807) is 16.8 Å². The van der Waals surface area contributed by atoms with E-state index < -0.39 is 0 Å². The lowest BCUT2D eigenvalue weighted by Crippen LogP contribution is -2.33. The van der Waals surface area contributed by atoms with Gasteiger partial charge in [-0.05, 0) is 49.3 Å². The van der Waals surface area contributed by atoms with Crippen LogP contribution in [0.3, 0.4) is 0 Å². The van der Waals surface area contributed by atoms with Gasteiger partial charge in [0.2, 0.25) is 5.91 Å². The third-order valence-electron chi connectivity index (χ3n) is 2.93. The van der Waals surface area contributed by atoms with E-state index in [2.05, 4.69) is 10.4 Å². The van der Waals surface area contributed by atoms with Crippen molar-refractivity contribution in [2.45, 2.75) is 30.4 Å². The number of halogens is 1. The summed E-state index contributed by atoms with van der Waals surface area (Å²) in [7, 11) is 0. The molecule has 0 unspecified atom stereocenters. The normalized spacial score (nSPS) is 12.4. The number of carbonyl (C=O) groups is 1. The molecule has 1 atom stereocenters. The standard InChI is InChI=1S/C15H18FN3OS3/c1-9(2)8-17-13(20)10(3)22-14-18-19(15(21)23-14)12-6-4-11(16)5-7-12/h4-7,9-10H,8H2,1-3H3,(H,17,20)/t10-/m0/s1. The highest BCUT2D eigenvalue weighted by Gasteiger charge is 2.17. The fourth-order valence-corrected chi connectivity index (χ4v) is 4.24. The van der Waals surface area contributed by atoms with Crippen LogP contribution in [0.25, 0.3) is 5.69 Å². The molecule has 1 N–H and O–H groups in total. The summed E-state index contributed by atoms with van der Waals surface area (Å²) in [5.74, 6) is 0.0922. The molecular weight excluding hydrogens is 353 g/mol. The molecule has 124 valence electrons. The van der Waals surface area contributed by atoms with Gasteiger partial charge >= 0.3 is 0 Å². The Bertz CT molecular complexity index is 724. The highest BCUT2D eigenvalue weighted by Crippen LogP contribution is 2.27. The molecule has 0 fully saturated rings.